The van der Waals surface area contributed by atoms with Gasteiger partial charge in [0.05, 0.1) is 12.5 Å². The molecule has 0 spiro atoms. The summed E-state index contributed by atoms with van der Waals surface area (Å²) in [5.74, 6) is 2.48. The molecule has 5 nitrogen and oxygen atoms in total. The first-order valence-corrected chi connectivity index (χ1v) is 9.54. The minimum Gasteiger partial charge on any atom is -0.454 e. The van der Waals surface area contributed by atoms with Crippen molar-refractivity contribution < 1.29 is 19.0 Å². The number of nitrogens with zero attached hydrogens (tertiary/aromatic N) is 1. The second kappa shape index (κ2) is 7.65. The highest BCUT2D eigenvalue weighted by atomic mass is 16.7. The minimum absolute atomic E-state index is 0.0256. The van der Waals surface area contributed by atoms with Crippen molar-refractivity contribution in [2.75, 3.05) is 26.6 Å². The fourth-order valence-electron chi connectivity index (χ4n) is 4.16. The van der Waals surface area contributed by atoms with Crippen LogP contribution in [0.5, 0.6) is 11.5 Å². The second-order valence-corrected chi connectivity index (χ2v) is 7.47. The van der Waals surface area contributed by atoms with Gasteiger partial charge in [-0.1, -0.05) is 25.3 Å². The first kappa shape index (κ1) is 16.7. The Hall–Kier alpha value is -1.75. The van der Waals surface area contributed by atoms with Gasteiger partial charge in [-0.25, -0.2) is 0 Å². The normalized spacial score (nSPS) is 23.0. The van der Waals surface area contributed by atoms with Crippen molar-refractivity contribution in [1.29, 1.82) is 0 Å². The quantitative estimate of drug-likeness (QED) is 0.821. The van der Waals surface area contributed by atoms with Crippen LogP contribution < -0.4 is 9.47 Å². The lowest BCUT2D eigenvalue weighted by Crippen LogP contribution is -2.39. The van der Waals surface area contributed by atoms with Gasteiger partial charge in [0.25, 0.3) is 0 Å². The van der Waals surface area contributed by atoms with E-state index >= 15 is 0 Å². The number of carbonyl (C=O) groups excluding carboxylic acids is 1. The van der Waals surface area contributed by atoms with Gasteiger partial charge in [-0.2, -0.15) is 0 Å². The Kier molecular flexibility index (Phi) is 5.11. The van der Waals surface area contributed by atoms with Gasteiger partial charge in [0, 0.05) is 19.7 Å². The van der Waals surface area contributed by atoms with Crippen LogP contribution in [0.4, 0.5) is 0 Å². The maximum absolute atomic E-state index is 13.0. The summed E-state index contributed by atoms with van der Waals surface area (Å²) in [7, 11) is 0. The van der Waals surface area contributed by atoms with Crippen LogP contribution in [0.15, 0.2) is 18.2 Å². The van der Waals surface area contributed by atoms with Crippen molar-refractivity contribution in [1.82, 2.24) is 4.90 Å². The predicted octanol–water partition coefficient (Wildman–Crippen LogP) is 3.36. The summed E-state index contributed by atoms with van der Waals surface area (Å²) in [5.41, 5.74) is 1.10. The van der Waals surface area contributed by atoms with Gasteiger partial charge in [0.1, 0.15) is 0 Å². The van der Waals surface area contributed by atoms with Crippen molar-refractivity contribution in [3.63, 3.8) is 0 Å². The number of rotatable bonds is 5. The number of amides is 1. The van der Waals surface area contributed by atoms with Gasteiger partial charge in [0.15, 0.2) is 11.5 Å². The topological polar surface area (TPSA) is 48.0 Å². The molecule has 1 amide bonds. The Labute approximate surface area is 149 Å². The Morgan fingerprint density at radius 3 is 2.72 bits per heavy atom. The molecule has 1 aromatic carbocycles. The first-order chi connectivity index (χ1) is 12.3. The largest absolute Gasteiger partial charge is 0.454 e. The highest BCUT2D eigenvalue weighted by Gasteiger charge is 2.30. The van der Waals surface area contributed by atoms with E-state index in [9.17, 15) is 4.79 Å². The molecule has 136 valence electrons. The minimum atomic E-state index is 0.0256. The third kappa shape index (κ3) is 3.92. The average Bonchev–Trinajstić information content (AvgIpc) is 3.33. The Morgan fingerprint density at radius 2 is 1.92 bits per heavy atom. The monoisotopic (exact) mass is 345 g/mol. The molecule has 1 atom stereocenters. The molecule has 1 aromatic rings. The Morgan fingerprint density at radius 1 is 1.08 bits per heavy atom. The molecule has 2 heterocycles. The maximum atomic E-state index is 13.0. The number of carbonyl (C=O) groups is 1. The molecule has 3 aliphatic rings. The van der Waals surface area contributed by atoms with Crippen LogP contribution in [-0.4, -0.2) is 37.4 Å². The Balaban J connectivity index is 1.48. The number of fused-ring (bicyclic) bond motifs is 1. The second-order valence-electron chi connectivity index (χ2n) is 7.47. The van der Waals surface area contributed by atoms with Gasteiger partial charge in [-0.15, -0.1) is 0 Å². The summed E-state index contributed by atoms with van der Waals surface area (Å²) in [6.45, 7) is 3.06. The summed E-state index contributed by atoms with van der Waals surface area (Å²) < 4.78 is 16.3. The van der Waals surface area contributed by atoms with Gasteiger partial charge >= 0.3 is 0 Å². The van der Waals surface area contributed by atoms with E-state index in [0.717, 1.165) is 30.0 Å². The van der Waals surface area contributed by atoms with E-state index in [-0.39, 0.29) is 18.6 Å². The van der Waals surface area contributed by atoms with Crippen molar-refractivity contribution in [2.24, 2.45) is 11.8 Å². The summed E-state index contributed by atoms with van der Waals surface area (Å²) >= 11 is 0. The van der Waals surface area contributed by atoms with Gasteiger partial charge in [0.2, 0.25) is 12.7 Å². The number of hydrogen-bond acceptors (Lipinski definition) is 4. The number of ether oxygens (including phenoxy) is 3. The molecular weight excluding hydrogens is 318 g/mol. The molecule has 0 radical (unpaired) electrons. The third-order valence-electron chi connectivity index (χ3n) is 5.60. The fraction of sp³-hybridized carbons (Fsp3) is 0.650. The zero-order valence-electron chi connectivity index (χ0n) is 14.7. The van der Waals surface area contributed by atoms with E-state index in [2.05, 4.69) is 4.90 Å². The van der Waals surface area contributed by atoms with E-state index in [1.165, 1.54) is 32.1 Å². The molecular formula is C20H27NO4. The fourth-order valence-corrected chi connectivity index (χ4v) is 4.16. The van der Waals surface area contributed by atoms with E-state index in [1.807, 2.05) is 18.2 Å². The van der Waals surface area contributed by atoms with Crippen molar-refractivity contribution >= 4 is 5.91 Å². The third-order valence-corrected chi connectivity index (χ3v) is 5.60. The SMILES string of the molecule is O=C(C1CCOC1)N(Cc1ccc2c(c1)OCO2)CC1CCCCC1. The molecule has 0 aromatic heterocycles. The molecule has 1 saturated heterocycles. The predicted molar refractivity (Wildman–Crippen MR) is 93.5 cm³/mol. The lowest BCUT2D eigenvalue weighted by atomic mass is 9.88. The molecule has 1 unspecified atom stereocenters. The van der Waals surface area contributed by atoms with Crippen LogP contribution in [0.3, 0.4) is 0 Å². The summed E-state index contributed by atoms with van der Waals surface area (Å²) in [6.07, 6.45) is 7.26. The van der Waals surface area contributed by atoms with Crippen LogP contribution in [-0.2, 0) is 16.1 Å². The van der Waals surface area contributed by atoms with Gasteiger partial charge < -0.3 is 19.1 Å². The summed E-state index contributed by atoms with van der Waals surface area (Å²) in [4.78, 5) is 15.1. The van der Waals surface area contributed by atoms with Crippen LogP contribution in [0, 0.1) is 11.8 Å². The first-order valence-electron chi connectivity index (χ1n) is 9.54. The van der Waals surface area contributed by atoms with E-state index in [1.54, 1.807) is 0 Å². The molecule has 1 saturated carbocycles. The highest BCUT2D eigenvalue weighted by molar-refractivity contribution is 5.79. The average molecular weight is 345 g/mol. The maximum Gasteiger partial charge on any atom is 0.231 e. The van der Waals surface area contributed by atoms with E-state index < -0.39 is 0 Å². The number of benzene rings is 1. The lowest BCUT2D eigenvalue weighted by molar-refractivity contribution is -0.137. The Bertz CT molecular complexity index is 606. The lowest BCUT2D eigenvalue weighted by Gasteiger charge is -2.31. The van der Waals surface area contributed by atoms with Crippen molar-refractivity contribution in [3.05, 3.63) is 23.8 Å². The molecule has 25 heavy (non-hydrogen) atoms. The molecule has 0 bridgehead atoms. The zero-order chi connectivity index (χ0) is 17.1. The van der Waals surface area contributed by atoms with Crippen LogP contribution in [0.1, 0.15) is 44.1 Å². The van der Waals surface area contributed by atoms with Crippen molar-refractivity contribution in [2.45, 2.75) is 45.1 Å². The van der Waals surface area contributed by atoms with Crippen LogP contribution >= 0.6 is 0 Å². The molecule has 4 rings (SSSR count). The van der Waals surface area contributed by atoms with Crippen LogP contribution in [0.25, 0.3) is 0 Å². The zero-order valence-corrected chi connectivity index (χ0v) is 14.7. The van der Waals surface area contributed by atoms with Gasteiger partial charge in [-0.05, 0) is 42.9 Å². The molecule has 0 N–H and O–H groups in total. The highest BCUT2D eigenvalue weighted by Crippen LogP contribution is 2.33. The summed E-state index contributed by atoms with van der Waals surface area (Å²) in [5, 5.41) is 0. The summed E-state index contributed by atoms with van der Waals surface area (Å²) in [6, 6.07) is 5.99. The number of hydrogen-bond donors (Lipinski definition) is 0. The van der Waals surface area contributed by atoms with Gasteiger partial charge in [-0.3, -0.25) is 4.79 Å². The van der Waals surface area contributed by atoms with Crippen molar-refractivity contribution in [3.8, 4) is 11.5 Å². The molecule has 2 aliphatic heterocycles. The van der Waals surface area contributed by atoms with E-state index in [4.69, 9.17) is 14.2 Å². The standard InChI is InChI=1S/C20H27NO4/c22-20(17-8-9-23-13-17)21(11-15-4-2-1-3-5-15)12-16-6-7-18-19(10-16)25-14-24-18/h6-7,10,15,17H,1-5,8-9,11-14H2. The molecule has 1 aliphatic carbocycles. The molecule has 2 fully saturated rings. The van der Waals surface area contributed by atoms with Crippen LogP contribution in [0.2, 0.25) is 0 Å². The smallest absolute Gasteiger partial charge is 0.231 e. The molecule has 5 heteroatoms. The van der Waals surface area contributed by atoms with E-state index in [0.29, 0.717) is 25.7 Å².